The number of fused-ring (bicyclic) bond motifs is 1. The van der Waals surface area contributed by atoms with E-state index in [1.54, 1.807) is 0 Å². The van der Waals surface area contributed by atoms with Crippen LogP contribution in [0, 0.1) is 0 Å². The van der Waals surface area contributed by atoms with Crippen molar-refractivity contribution in [1.29, 1.82) is 0 Å². The molecular weight excluding hydrogens is 250 g/mol. The molecule has 3 nitrogen and oxygen atoms in total. The van der Waals surface area contributed by atoms with E-state index in [2.05, 4.69) is 12.1 Å². The largest absolute Gasteiger partial charge is 0.490 e. The summed E-state index contributed by atoms with van der Waals surface area (Å²) >= 11 is 0. The number of hydrogen-bond acceptors (Lipinski definition) is 3. The van der Waals surface area contributed by atoms with Crippen LogP contribution in [0.15, 0.2) is 48.5 Å². The lowest BCUT2D eigenvalue weighted by Crippen LogP contribution is -2.28. The SMILES string of the molecule is CCOc1ccccc1OC1Cc2ccccc2C1N. The third-order valence-electron chi connectivity index (χ3n) is 3.66. The molecule has 1 aliphatic rings. The fourth-order valence-electron chi connectivity index (χ4n) is 2.69. The van der Waals surface area contributed by atoms with Crippen molar-refractivity contribution in [2.45, 2.75) is 25.5 Å². The maximum Gasteiger partial charge on any atom is 0.161 e. The van der Waals surface area contributed by atoms with E-state index in [4.69, 9.17) is 15.2 Å². The Kier molecular flexibility index (Phi) is 3.61. The van der Waals surface area contributed by atoms with Gasteiger partial charge in [0.2, 0.25) is 0 Å². The van der Waals surface area contributed by atoms with Crippen LogP contribution in [0.1, 0.15) is 24.1 Å². The molecule has 1 aliphatic carbocycles. The predicted molar refractivity (Wildman–Crippen MR) is 79.1 cm³/mol. The number of rotatable bonds is 4. The number of ether oxygens (including phenoxy) is 2. The molecule has 3 rings (SSSR count). The summed E-state index contributed by atoms with van der Waals surface area (Å²) in [5.41, 5.74) is 8.76. The van der Waals surface area contributed by atoms with Gasteiger partial charge in [-0.25, -0.2) is 0 Å². The van der Waals surface area contributed by atoms with Crippen LogP contribution in [0.2, 0.25) is 0 Å². The third kappa shape index (κ3) is 2.37. The summed E-state index contributed by atoms with van der Waals surface area (Å²) in [6.07, 6.45) is 0.812. The first-order chi connectivity index (χ1) is 9.79. The zero-order valence-corrected chi connectivity index (χ0v) is 11.6. The second-order valence-electron chi connectivity index (χ2n) is 4.96. The van der Waals surface area contributed by atoms with E-state index in [9.17, 15) is 0 Å². The monoisotopic (exact) mass is 269 g/mol. The van der Waals surface area contributed by atoms with Crippen molar-refractivity contribution in [3.05, 3.63) is 59.7 Å². The highest BCUT2D eigenvalue weighted by Crippen LogP contribution is 2.35. The summed E-state index contributed by atoms with van der Waals surface area (Å²) < 4.78 is 11.7. The van der Waals surface area contributed by atoms with Gasteiger partial charge in [0, 0.05) is 6.42 Å². The molecule has 0 amide bonds. The molecular formula is C17H19NO2. The Morgan fingerprint density at radius 3 is 2.50 bits per heavy atom. The lowest BCUT2D eigenvalue weighted by molar-refractivity contribution is 0.175. The van der Waals surface area contributed by atoms with Gasteiger partial charge in [-0.15, -0.1) is 0 Å². The van der Waals surface area contributed by atoms with Crippen LogP contribution in [0.3, 0.4) is 0 Å². The van der Waals surface area contributed by atoms with Crippen LogP contribution < -0.4 is 15.2 Å². The van der Waals surface area contributed by atoms with E-state index in [1.165, 1.54) is 11.1 Å². The average Bonchev–Trinajstić information content (AvgIpc) is 2.79. The molecule has 0 saturated carbocycles. The molecule has 2 aromatic rings. The lowest BCUT2D eigenvalue weighted by Gasteiger charge is -2.20. The van der Waals surface area contributed by atoms with Crippen molar-refractivity contribution in [1.82, 2.24) is 0 Å². The molecule has 0 heterocycles. The smallest absolute Gasteiger partial charge is 0.161 e. The number of nitrogens with two attached hydrogens (primary N) is 1. The van der Waals surface area contributed by atoms with Gasteiger partial charge in [-0.05, 0) is 30.2 Å². The first kappa shape index (κ1) is 13.0. The van der Waals surface area contributed by atoms with Crippen molar-refractivity contribution in [2.24, 2.45) is 5.73 Å². The van der Waals surface area contributed by atoms with Gasteiger partial charge in [0.25, 0.3) is 0 Å². The molecule has 104 valence electrons. The second-order valence-corrected chi connectivity index (χ2v) is 4.96. The van der Waals surface area contributed by atoms with Gasteiger partial charge in [-0.2, -0.15) is 0 Å². The van der Waals surface area contributed by atoms with Crippen molar-refractivity contribution in [3.63, 3.8) is 0 Å². The van der Waals surface area contributed by atoms with Gasteiger partial charge in [-0.1, -0.05) is 36.4 Å². The van der Waals surface area contributed by atoms with Crippen molar-refractivity contribution in [3.8, 4) is 11.5 Å². The normalized spacial score (nSPS) is 20.5. The summed E-state index contributed by atoms with van der Waals surface area (Å²) in [6.45, 7) is 2.59. The lowest BCUT2D eigenvalue weighted by atomic mass is 10.1. The summed E-state index contributed by atoms with van der Waals surface area (Å²) in [5, 5.41) is 0. The second kappa shape index (κ2) is 5.55. The van der Waals surface area contributed by atoms with Gasteiger partial charge in [0.05, 0.1) is 12.6 Å². The van der Waals surface area contributed by atoms with Crippen LogP contribution in [-0.2, 0) is 6.42 Å². The van der Waals surface area contributed by atoms with Crippen molar-refractivity contribution >= 4 is 0 Å². The van der Waals surface area contributed by atoms with Crippen LogP contribution >= 0.6 is 0 Å². The fourth-order valence-corrected chi connectivity index (χ4v) is 2.69. The molecule has 0 saturated heterocycles. The van der Waals surface area contributed by atoms with E-state index in [0.29, 0.717) is 6.61 Å². The molecule has 2 unspecified atom stereocenters. The summed E-state index contributed by atoms with van der Waals surface area (Å²) in [7, 11) is 0. The highest BCUT2D eigenvalue weighted by atomic mass is 16.5. The summed E-state index contributed by atoms with van der Waals surface area (Å²) in [6, 6.07) is 15.9. The number of hydrogen-bond donors (Lipinski definition) is 1. The first-order valence-corrected chi connectivity index (χ1v) is 7.01. The molecule has 0 radical (unpaired) electrons. The number of para-hydroxylation sites is 2. The molecule has 2 atom stereocenters. The summed E-state index contributed by atoms with van der Waals surface area (Å²) in [5.74, 6) is 1.54. The molecule has 2 aromatic carbocycles. The molecule has 0 fully saturated rings. The first-order valence-electron chi connectivity index (χ1n) is 7.01. The quantitative estimate of drug-likeness (QED) is 0.927. The van der Waals surface area contributed by atoms with Gasteiger partial charge in [-0.3, -0.25) is 0 Å². The molecule has 0 spiro atoms. The van der Waals surface area contributed by atoms with Gasteiger partial charge >= 0.3 is 0 Å². The zero-order valence-electron chi connectivity index (χ0n) is 11.6. The Morgan fingerprint density at radius 2 is 1.75 bits per heavy atom. The Bertz CT molecular complexity index is 597. The molecule has 0 bridgehead atoms. The Hall–Kier alpha value is -2.00. The molecule has 2 N–H and O–H groups in total. The number of benzene rings is 2. The predicted octanol–water partition coefficient (Wildman–Crippen LogP) is 3.09. The van der Waals surface area contributed by atoms with Gasteiger partial charge in [0.1, 0.15) is 6.10 Å². The van der Waals surface area contributed by atoms with Gasteiger partial charge < -0.3 is 15.2 Å². The average molecular weight is 269 g/mol. The molecule has 0 aromatic heterocycles. The van der Waals surface area contributed by atoms with E-state index in [-0.39, 0.29) is 12.1 Å². The molecule has 0 aliphatic heterocycles. The van der Waals surface area contributed by atoms with Crippen molar-refractivity contribution in [2.75, 3.05) is 6.61 Å². The van der Waals surface area contributed by atoms with Crippen LogP contribution in [0.5, 0.6) is 11.5 Å². The van der Waals surface area contributed by atoms with E-state index in [0.717, 1.165) is 17.9 Å². The van der Waals surface area contributed by atoms with Gasteiger partial charge in [0.15, 0.2) is 11.5 Å². The Balaban J connectivity index is 1.80. The third-order valence-corrected chi connectivity index (χ3v) is 3.66. The van der Waals surface area contributed by atoms with Crippen LogP contribution in [-0.4, -0.2) is 12.7 Å². The molecule has 20 heavy (non-hydrogen) atoms. The Labute approximate surface area is 119 Å². The topological polar surface area (TPSA) is 44.5 Å². The van der Waals surface area contributed by atoms with E-state index >= 15 is 0 Å². The van der Waals surface area contributed by atoms with Crippen molar-refractivity contribution < 1.29 is 9.47 Å². The minimum atomic E-state index is -0.0825. The zero-order chi connectivity index (χ0) is 13.9. The standard InChI is InChI=1S/C17H19NO2/c1-2-19-14-9-5-6-10-15(14)20-16-11-12-7-3-4-8-13(12)17(16)18/h3-10,16-17H,2,11,18H2,1H3. The minimum absolute atomic E-state index is 0.0333. The maximum absolute atomic E-state index is 6.30. The van der Waals surface area contributed by atoms with E-state index < -0.39 is 0 Å². The minimum Gasteiger partial charge on any atom is -0.490 e. The summed E-state index contributed by atoms with van der Waals surface area (Å²) in [4.78, 5) is 0. The van der Waals surface area contributed by atoms with Crippen LogP contribution in [0.4, 0.5) is 0 Å². The van der Waals surface area contributed by atoms with Crippen LogP contribution in [0.25, 0.3) is 0 Å². The fraction of sp³-hybridized carbons (Fsp3) is 0.294. The highest BCUT2D eigenvalue weighted by molar-refractivity contribution is 5.41. The Morgan fingerprint density at radius 1 is 1.05 bits per heavy atom. The maximum atomic E-state index is 6.30. The van der Waals surface area contributed by atoms with E-state index in [1.807, 2.05) is 43.3 Å². The highest BCUT2D eigenvalue weighted by Gasteiger charge is 2.31. The molecule has 3 heteroatoms.